The van der Waals surface area contributed by atoms with Crippen molar-refractivity contribution >= 4 is 23.6 Å². The summed E-state index contributed by atoms with van der Waals surface area (Å²) in [5.41, 5.74) is 1.30. The van der Waals surface area contributed by atoms with Crippen LogP contribution in [0.25, 0.3) is 0 Å². The molecule has 2 rings (SSSR count). The first-order valence-electron chi connectivity index (χ1n) is 13.2. The first kappa shape index (κ1) is 27.1. The quantitative estimate of drug-likeness (QED) is 0.205. The van der Waals surface area contributed by atoms with Crippen molar-refractivity contribution < 1.29 is 18.1 Å². The molecule has 0 aromatic heterocycles. The van der Waals surface area contributed by atoms with Crippen LogP contribution in [0.2, 0.25) is 22.2 Å². The summed E-state index contributed by atoms with van der Waals surface area (Å²) in [6.07, 6.45) is 18.8. The van der Waals surface area contributed by atoms with Crippen LogP contribution in [0.5, 0.6) is 0 Å². The normalized spacial score (nSPS) is 21.2. The van der Waals surface area contributed by atoms with E-state index in [2.05, 4.69) is 13.8 Å². The van der Waals surface area contributed by atoms with Crippen LogP contribution in [-0.4, -0.2) is 37.8 Å². The molecular formula is C25H49O4Si2. The van der Waals surface area contributed by atoms with Crippen LogP contribution in [0.4, 0.5) is 0 Å². The van der Waals surface area contributed by atoms with Crippen molar-refractivity contribution in [3.63, 3.8) is 0 Å². The molecule has 0 aromatic carbocycles. The summed E-state index contributed by atoms with van der Waals surface area (Å²) in [4.78, 5) is 13.9. The molecule has 0 saturated heterocycles. The van der Waals surface area contributed by atoms with Crippen molar-refractivity contribution in [1.82, 2.24) is 0 Å². The summed E-state index contributed by atoms with van der Waals surface area (Å²) in [5, 5.41) is -0.654. The lowest BCUT2D eigenvalue weighted by molar-refractivity contribution is -0.140. The minimum absolute atomic E-state index is 0.00843. The Morgan fingerprint density at radius 2 is 1.39 bits per heavy atom. The molecule has 4 nitrogen and oxygen atoms in total. The predicted octanol–water partition coefficient (Wildman–Crippen LogP) is 7.68. The van der Waals surface area contributed by atoms with E-state index in [1.807, 2.05) is 6.92 Å². The summed E-state index contributed by atoms with van der Waals surface area (Å²) < 4.78 is 18.4. The Bertz CT molecular complexity index is 496. The van der Waals surface area contributed by atoms with Crippen molar-refractivity contribution in [3.8, 4) is 0 Å². The van der Waals surface area contributed by atoms with Crippen LogP contribution in [0.3, 0.4) is 0 Å². The Morgan fingerprint density at radius 3 is 1.81 bits per heavy atom. The van der Waals surface area contributed by atoms with Crippen molar-refractivity contribution in [2.45, 2.75) is 139 Å². The van der Waals surface area contributed by atoms with Crippen LogP contribution in [0.1, 0.15) is 117 Å². The highest BCUT2D eigenvalue weighted by Crippen LogP contribution is 2.53. The minimum Gasteiger partial charge on any atom is -0.518 e. The van der Waals surface area contributed by atoms with E-state index in [9.17, 15) is 4.79 Å². The molecule has 1 atom stereocenters. The van der Waals surface area contributed by atoms with E-state index < -0.39 is 22.6 Å². The lowest BCUT2D eigenvalue weighted by Gasteiger charge is -2.48. The van der Waals surface area contributed by atoms with E-state index in [1.165, 1.54) is 95.9 Å². The Hall–Kier alpha value is -0.176. The number of rotatable bonds is 13. The van der Waals surface area contributed by atoms with Gasteiger partial charge in [0, 0.05) is 14.2 Å². The molecular weight excluding hydrogens is 420 g/mol. The second-order valence-electron chi connectivity index (χ2n) is 10.2. The largest absolute Gasteiger partial charge is 0.518 e. The predicted molar refractivity (Wildman–Crippen MR) is 133 cm³/mol. The molecule has 2 aliphatic carbocycles. The van der Waals surface area contributed by atoms with Crippen LogP contribution >= 0.6 is 0 Å². The molecule has 181 valence electrons. The Kier molecular flexibility index (Phi) is 11.8. The fourth-order valence-corrected chi connectivity index (χ4v) is 13.9. The standard InChI is InChI=1S/C25H49O4Si2/c1-6-8-9-16-21-31(22-17-12-10-13-18-22,23-19-14-11-15-20-23)29-24(26)25(3,7-2)30(27-4)28-5/h22-23H,6-21H2,1-5H3. The van der Waals surface area contributed by atoms with Gasteiger partial charge in [0.05, 0.1) is 0 Å². The van der Waals surface area contributed by atoms with E-state index in [4.69, 9.17) is 13.3 Å². The molecule has 2 saturated carbocycles. The molecule has 0 bridgehead atoms. The van der Waals surface area contributed by atoms with E-state index in [-0.39, 0.29) is 5.97 Å². The maximum atomic E-state index is 13.9. The van der Waals surface area contributed by atoms with E-state index in [0.29, 0.717) is 17.5 Å². The molecule has 0 amide bonds. The molecule has 0 heterocycles. The van der Waals surface area contributed by atoms with E-state index in [1.54, 1.807) is 14.2 Å². The first-order valence-corrected chi connectivity index (χ1v) is 16.8. The Balaban J connectivity index is 2.37. The van der Waals surface area contributed by atoms with Gasteiger partial charge in [-0.2, -0.15) is 0 Å². The zero-order valence-corrected chi connectivity index (χ0v) is 23.1. The fraction of sp³-hybridized carbons (Fsp3) is 0.960. The summed E-state index contributed by atoms with van der Waals surface area (Å²) in [6, 6.07) is 1.18. The van der Waals surface area contributed by atoms with Crippen molar-refractivity contribution in [2.75, 3.05) is 14.2 Å². The SMILES string of the molecule is CCCCCC[Si](OC(=O)C(C)(CC)[Si](OC)OC)(C1CCCCC1)C1CCCCC1. The number of unbranched alkanes of at least 4 members (excludes halogenated alkanes) is 3. The third-order valence-corrected chi connectivity index (χ3v) is 16.1. The smallest absolute Gasteiger partial charge is 0.402 e. The Labute approximate surface area is 195 Å². The van der Waals surface area contributed by atoms with E-state index in [0.717, 1.165) is 0 Å². The third kappa shape index (κ3) is 6.67. The number of hydrogen-bond donors (Lipinski definition) is 0. The molecule has 1 radical (unpaired) electrons. The van der Waals surface area contributed by atoms with Gasteiger partial charge in [0.1, 0.15) is 5.04 Å². The molecule has 1 unspecified atom stereocenters. The number of hydrogen-bond acceptors (Lipinski definition) is 4. The van der Waals surface area contributed by atoms with Crippen molar-refractivity contribution in [3.05, 3.63) is 0 Å². The molecule has 2 aliphatic rings. The summed E-state index contributed by atoms with van der Waals surface area (Å²) in [6.45, 7) is 6.38. The van der Waals surface area contributed by atoms with Gasteiger partial charge in [-0.1, -0.05) is 78.1 Å². The van der Waals surface area contributed by atoms with Crippen LogP contribution in [-0.2, 0) is 18.1 Å². The van der Waals surface area contributed by atoms with Crippen LogP contribution < -0.4 is 0 Å². The Morgan fingerprint density at radius 1 is 0.871 bits per heavy atom. The second-order valence-corrected chi connectivity index (χ2v) is 16.9. The van der Waals surface area contributed by atoms with Gasteiger partial charge in [-0.3, -0.25) is 4.79 Å². The molecule has 0 spiro atoms. The second kappa shape index (κ2) is 13.5. The van der Waals surface area contributed by atoms with Gasteiger partial charge in [-0.05, 0) is 56.2 Å². The van der Waals surface area contributed by atoms with E-state index >= 15 is 0 Å². The monoisotopic (exact) mass is 469 g/mol. The highest BCUT2D eigenvalue weighted by molar-refractivity contribution is 6.78. The molecule has 6 heteroatoms. The number of carbonyl (C=O) groups is 1. The maximum Gasteiger partial charge on any atom is 0.402 e. The van der Waals surface area contributed by atoms with Crippen LogP contribution in [0.15, 0.2) is 0 Å². The third-order valence-electron chi connectivity index (χ3n) is 8.28. The summed E-state index contributed by atoms with van der Waals surface area (Å²) in [5.74, 6) is -0.00843. The molecule has 31 heavy (non-hydrogen) atoms. The average Bonchev–Trinajstić information content (AvgIpc) is 2.82. The summed E-state index contributed by atoms with van der Waals surface area (Å²) >= 11 is 0. The fourth-order valence-electron chi connectivity index (χ4n) is 6.16. The lowest BCUT2D eigenvalue weighted by Crippen LogP contribution is -2.54. The molecule has 0 aliphatic heterocycles. The zero-order valence-electron chi connectivity index (χ0n) is 21.1. The highest BCUT2D eigenvalue weighted by atomic mass is 28.4. The van der Waals surface area contributed by atoms with Gasteiger partial charge in [-0.25, -0.2) is 0 Å². The van der Waals surface area contributed by atoms with Crippen LogP contribution in [0, 0.1) is 0 Å². The zero-order chi connectivity index (χ0) is 22.7. The maximum absolute atomic E-state index is 13.9. The molecule has 2 fully saturated rings. The van der Waals surface area contributed by atoms with Crippen molar-refractivity contribution in [1.29, 1.82) is 0 Å². The number of carbonyl (C=O) groups excluding carboxylic acids is 1. The van der Waals surface area contributed by atoms with Gasteiger partial charge in [0.2, 0.25) is 0 Å². The molecule has 0 N–H and O–H groups in total. The molecule has 0 aromatic rings. The van der Waals surface area contributed by atoms with Gasteiger partial charge >= 0.3 is 9.28 Å². The summed E-state index contributed by atoms with van der Waals surface area (Å²) in [7, 11) is -0.617. The van der Waals surface area contributed by atoms with Crippen molar-refractivity contribution in [2.24, 2.45) is 0 Å². The van der Waals surface area contributed by atoms with Gasteiger partial charge in [0.25, 0.3) is 14.3 Å². The first-order chi connectivity index (χ1) is 15.0. The van der Waals surface area contributed by atoms with Gasteiger partial charge < -0.3 is 13.3 Å². The topological polar surface area (TPSA) is 44.8 Å². The minimum atomic E-state index is -2.25. The average molecular weight is 470 g/mol. The van der Waals surface area contributed by atoms with Gasteiger partial charge in [0.15, 0.2) is 0 Å². The highest BCUT2D eigenvalue weighted by Gasteiger charge is 2.55. The lowest BCUT2D eigenvalue weighted by atomic mass is 9.99. The van der Waals surface area contributed by atoms with Gasteiger partial charge in [-0.15, -0.1) is 0 Å².